The van der Waals surface area contributed by atoms with Crippen molar-refractivity contribution >= 4 is 27.9 Å². The molecule has 0 aliphatic carbocycles. The predicted molar refractivity (Wildman–Crippen MR) is 123 cm³/mol. The summed E-state index contributed by atoms with van der Waals surface area (Å²) in [5, 5.41) is 10.1. The van der Waals surface area contributed by atoms with Crippen LogP contribution in [0.1, 0.15) is 96.3 Å². The fourth-order valence-electron chi connectivity index (χ4n) is 3.50. The molecule has 0 aliphatic heterocycles. The molecule has 6 heteroatoms. The molecule has 0 aromatic rings. The summed E-state index contributed by atoms with van der Waals surface area (Å²) in [6.45, 7) is 0.509. The van der Waals surface area contributed by atoms with E-state index >= 15 is 0 Å². The van der Waals surface area contributed by atoms with Crippen LogP contribution in [-0.4, -0.2) is 60.6 Å². The molecular formula is C23H45BrNO4+. The van der Waals surface area contributed by atoms with Gasteiger partial charge >= 0.3 is 11.9 Å². The van der Waals surface area contributed by atoms with Crippen molar-refractivity contribution in [1.82, 2.24) is 0 Å². The number of nitrogens with zero attached hydrogens (tertiary/aromatic N) is 1. The number of carbonyl (C=O) groups is 2. The van der Waals surface area contributed by atoms with E-state index in [1.807, 2.05) is 21.1 Å². The van der Waals surface area contributed by atoms with E-state index in [0.717, 1.165) is 24.6 Å². The van der Waals surface area contributed by atoms with Crippen LogP contribution in [0.15, 0.2) is 0 Å². The second-order valence-electron chi connectivity index (χ2n) is 9.22. The number of carbonyl (C=O) groups excluding carboxylic acids is 1. The van der Waals surface area contributed by atoms with Crippen molar-refractivity contribution in [2.24, 2.45) is 0 Å². The van der Waals surface area contributed by atoms with Crippen LogP contribution in [0.5, 0.6) is 0 Å². The maximum atomic E-state index is 12.0. The number of quaternary nitrogens is 1. The number of alkyl halides is 1. The number of halogens is 1. The van der Waals surface area contributed by atoms with Gasteiger partial charge in [-0.1, -0.05) is 86.6 Å². The fourth-order valence-corrected chi connectivity index (χ4v) is 3.90. The Morgan fingerprint density at radius 3 is 1.59 bits per heavy atom. The first-order chi connectivity index (χ1) is 13.7. The van der Waals surface area contributed by atoms with Crippen LogP contribution < -0.4 is 0 Å². The summed E-state index contributed by atoms with van der Waals surface area (Å²) < 4.78 is 5.98. The minimum atomic E-state index is -0.925. The smallest absolute Gasteiger partial charge is 0.307 e. The zero-order chi connectivity index (χ0) is 22.0. The van der Waals surface area contributed by atoms with Crippen LogP contribution in [0.3, 0.4) is 0 Å². The highest BCUT2D eigenvalue weighted by Gasteiger charge is 2.24. The number of esters is 1. The first-order valence-electron chi connectivity index (χ1n) is 11.5. The van der Waals surface area contributed by atoms with Gasteiger partial charge in [0.15, 0.2) is 6.10 Å². The van der Waals surface area contributed by atoms with Crippen LogP contribution in [0.25, 0.3) is 0 Å². The van der Waals surface area contributed by atoms with E-state index in [2.05, 4.69) is 15.9 Å². The number of likely N-dealkylation sites (N-methyl/N-ethyl adjacent to an activating group) is 1. The molecule has 0 spiro atoms. The molecule has 0 fully saturated rings. The molecule has 0 rings (SSSR count). The van der Waals surface area contributed by atoms with Gasteiger partial charge in [0.2, 0.25) is 0 Å². The number of unbranched alkanes of at least 4 members (excludes halogenated alkanes) is 12. The van der Waals surface area contributed by atoms with Crippen molar-refractivity contribution in [2.75, 3.05) is 33.0 Å². The highest BCUT2D eigenvalue weighted by Crippen LogP contribution is 2.14. The van der Waals surface area contributed by atoms with Gasteiger partial charge in [0.05, 0.1) is 27.6 Å². The molecule has 172 valence electrons. The lowest BCUT2D eigenvalue weighted by molar-refractivity contribution is -0.873. The summed E-state index contributed by atoms with van der Waals surface area (Å²) in [5.74, 6) is -1.19. The minimum Gasteiger partial charge on any atom is -0.481 e. The van der Waals surface area contributed by atoms with Crippen LogP contribution in [0.4, 0.5) is 0 Å². The quantitative estimate of drug-likeness (QED) is 0.102. The molecule has 0 saturated heterocycles. The van der Waals surface area contributed by atoms with E-state index in [4.69, 9.17) is 9.84 Å². The molecule has 0 aromatic heterocycles. The van der Waals surface area contributed by atoms with Gasteiger partial charge in [-0.3, -0.25) is 9.59 Å². The Morgan fingerprint density at radius 1 is 0.793 bits per heavy atom. The Bertz CT molecular complexity index is 424. The molecule has 0 saturated carbocycles. The van der Waals surface area contributed by atoms with Crippen LogP contribution >= 0.6 is 15.9 Å². The van der Waals surface area contributed by atoms with Gasteiger partial charge in [-0.25, -0.2) is 0 Å². The van der Waals surface area contributed by atoms with Crippen LogP contribution in [-0.2, 0) is 14.3 Å². The largest absolute Gasteiger partial charge is 0.481 e. The van der Waals surface area contributed by atoms with Gasteiger partial charge in [0, 0.05) is 11.8 Å². The maximum Gasteiger partial charge on any atom is 0.307 e. The van der Waals surface area contributed by atoms with Gasteiger partial charge in [0.25, 0.3) is 0 Å². The number of aliphatic carboxylic acids is 1. The summed E-state index contributed by atoms with van der Waals surface area (Å²) in [7, 11) is 5.90. The maximum absolute atomic E-state index is 12.0. The van der Waals surface area contributed by atoms with E-state index in [1.165, 1.54) is 64.2 Å². The topological polar surface area (TPSA) is 63.6 Å². The summed E-state index contributed by atoms with van der Waals surface area (Å²) in [4.78, 5) is 23.0. The highest BCUT2D eigenvalue weighted by atomic mass is 79.9. The third kappa shape index (κ3) is 21.9. The molecule has 0 amide bonds. The van der Waals surface area contributed by atoms with Crippen LogP contribution in [0, 0.1) is 0 Å². The molecule has 5 nitrogen and oxygen atoms in total. The lowest BCUT2D eigenvalue weighted by Crippen LogP contribution is -2.43. The number of rotatable bonds is 20. The van der Waals surface area contributed by atoms with Crippen molar-refractivity contribution in [2.45, 2.75) is 102 Å². The third-order valence-corrected chi connectivity index (χ3v) is 5.53. The minimum absolute atomic E-state index is 0.127. The monoisotopic (exact) mass is 478 g/mol. The summed E-state index contributed by atoms with van der Waals surface area (Å²) in [6, 6.07) is 0. The second kappa shape index (κ2) is 18.2. The van der Waals surface area contributed by atoms with Crippen molar-refractivity contribution < 1.29 is 23.9 Å². The Labute approximate surface area is 187 Å². The summed E-state index contributed by atoms with van der Waals surface area (Å²) in [5.41, 5.74) is 0. The van der Waals surface area contributed by atoms with E-state index < -0.39 is 12.1 Å². The molecule has 1 atom stereocenters. The Balaban J connectivity index is 3.59. The normalized spacial score (nSPS) is 12.7. The first-order valence-corrected chi connectivity index (χ1v) is 12.6. The van der Waals surface area contributed by atoms with Crippen molar-refractivity contribution in [3.8, 4) is 0 Å². The fraction of sp³-hybridized carbons (Fsp3) is 0.913. The SMILES string of the molecule is C[N+](C)(C)CC(CC(=O)O)OC(=O)CCCCCCCCCCCCCCCBr. The number of carboxylic acid groups (broad SMARTS) is 1. The van der Waals surface area contributed by atoms with E-state index in [-0.39, 0.29) is 12.4 Å². The average molecular weight is 480 g/mol. The molecule has 0 aromatic carbocycles. The third-order valence-electron chi connectivity index (χ3n) is 4.97. The Morgan fingerprint density at radius 2 is 1.21 bits per heavy atom. The molecule has 29 heavy (non-hydrogen) atoms. The Kier molecular flexibility index (Phi) is 17.8. The highest BCUT2D eigenvalue weighted by molar-refractivity contribution is 9.09. The molecule has 0 aliphatic rings. The number of carboxylic acids is 1. The van der Waals surface area contributed by atoms with Gasteiger partial charge in [-0.05, 0) is 12.8 Å². The van der Waals surface area contributed by atoms with Gasteiger partial charge in [-0.2, -0.15) is 0 Å². The molecule has 1 unspecified atom stereocenters. The predicted octanol–water partition coefficient (Wildman–Crippen LogP) is 5.94. The summed E-state index contributed by atoms with van der Waals surface area (Å²) >= 11 is 3.47. The van der Waals surface area contributed by atoms with E-state index in [0.29, 0.717) is 17.4 Å². The van der Waals surface area contributed by atoms with Crippen molar-refractivity contribution in [3.63, 3.8) is 0 Å². The average Bonchev–Trinajstić information content (AvgIpc) is 2.60. The van der Waals surface area contributed by atoms with E-state index in [9.17, 15) is 9.59 Å². The van der Waals surface area contributed by atoms with Gasteiger partial charge in [0.1, 0.15) is 6.54 Å². The molecule has 0 bridgehead atoms. The van der Waals surface area contributed by atoms with Gasteiger partial charge < -0.3 is 14.3 Å². The number of ether oxygens (including phenoxy) is 1. The standard InChI is InChI=1S/C23H44BrNO4/c1-25(2,3)20-21(19-22(26)27)29-23(28)17-15-13-11-9-7-5-4-6-8-10-12-14-16-18-24/h21H,4-20H2,1-3H3/p+1. The lowest BCUT2D eigenvalue weighted by atomic mass is 10.0. The summed E-state index contributed by atoms with van der Waals surface area (Å²) in [6.07, 6.45) is 16.1. The first kappa shape index (κ1) is 28.4. The van der Waals surface area contributed by atoms with Crippen LogP contribution in [0.2, 0.25) is 0 Å². The van der Waals surface area contributed by atoms with E-state index in [1.54, 1.807) is 0 Å². The lowest BCUT2D eigenvalue weighted by Gasteiger charge is -2.28. The number of hydrogen-bond acceptors (Lipinski definition) is 3. The zero-order valence-electron chi connectivity index (χ0n) is 19.1. The van der Waals surface area contributed by atoms with Crippen molar-refractivity contribution in [3.05, 3.63) is 0 Å². The molecule has 0 radical (unpaired) electrons. The second-order valence-corrected chi connectivity index (χ2v) is 10.0. The Hall–Kier alpha value is -0.620. The molecular weight excluding hydrogens is 434 g/mol. The molecule has 0 heterocycles. The van der Waals surface area contributed by atoms with Crippen molar-refractivity contribution in [1.29, 1.82) is 0 Å². The number of hydrogen-bond donors (Lipinski definition) is 1. The zero-order valence-corrected chi connectivity index (χ0v) is 20.7. The molecule has 1 N–H and O–H groups in total. The van der Waals surface area contributed by atoms with Gasteiger partial charge in [-0.15, -0.1) is 0 Å².